The maximum absolute atomic E-state index is 5.54. The van der Waals surface area contributed by atoms with E-state index in [1.54, 1.807) is 0 Å². The van der Waals surface area contributed by atoms with Crippen molar-refractivity contribution in [2.45, 2.75) is 77.4 Å². The van der Waals surface area contributed by atoms with Gasteiger partial charge in [-0.15, -0.1) is 0 Å². The molecule has 0 radical (unpaired) electrons. The topological polar surface area (TPSA) is 15.7 Å². The maximum Gasteiger partial charge on any atom is 0.0620 e. The van der Waals surface area contributed by atoms with Crippen LogP contribution in [0.1, 0.15) is 59.8 Å². The quantitative estimate of drug-likeness (QED) is 0.747. The Balaban J connectivity index is 1.99. The highest BCUT2D eigenvalue weighted by molar-refractivity contribution is 4.94. The molecule has 21 heavy (non-hydrogen) atoms. The van der Waals surface area contributed by atoms with E-state index in [2.05, 4.69) is 37.5 Å². The zero-order valence-corrected chi connectivity index (χ0v) is 14.9. The lowest BCUT2D eigenvalue weighted by atomic mass is 9.84. The van der Waals surface area contributed by atoms with E-state index in [4.69, 9.17) is 4.74 Å². The average molecular weight is 296 g/mol. The summed E-state index contributed by atoms with van der Waals surface area (Å²) in [6.45, 7) is 14.3. The molecule has 2 fully saturated rings. The highest BCUT2D eigenvalue weighted by atomic mass is 16.5. The van der Waals surface area contributed by atoms with Crippen LogP contribution in [0.4, 0.5) is 0 Å². The number of nitrogens with zero attached hydrogens (tertiary/aromatic N) is 2. The predicted molar refractivity (Wildman–Crippen MR) is 89.7 cm³/mol. The molecule has 3 nitrogen and oxygen atoms in total. The number of ether oxygens (including phenoxy) is 1. The van der Waals surface area contributed by atoms with E-state index >= 15 is 0 Å². The van der Waals surface area contributed by atoms with Crippen molar-refractivity contribution in [3.8, 4) is 0 Å². The second-order valence-corrected chi connectivity index (χ2v) is 7.97. The van der Waals surface area contributed by atoms with Gasteiger partial charge in [0.25, 0.3) is 0 Å². The minimum Gasteiger partial charge on any atom is -0.383 e. The van der Waals surface area contributed by atoms with Gasteiger partial charge < -0.3 is 4.74 Å². The van der Waals surface area contributed by atoms with Crippen molar-refractivity contribution in [3.63, 3.8) is 0 Å². The molecule has 2 rings (SSSR count). The number of likely N-dealkylation sites (tertiary alicyclic amines) is 2. The van der Waals surface area contributed by atoms with Crippen molar-refractivity contribution in [1.82, 2.24) is 9.80 Å². The molecule has 3 heteroatoms. The molecule has 0 aliphatic carbocycles. The summed E-state index contributed by atoms with van der Waals surface area (Å²) >= 11 is 0. The van der Waals surface area contributed by atoms with Gasteiger partial charge in [0, 0.05) is 24.7 Å². The van der Waals surface area contributed by atoms with Crippen LogP contribution in [-0.4, -0.2) is 60.8 Å². The van der Waals surface area contributed by atoms with Crippen LogP contribution in [0.2, 0.25) is 0 Å². The Labute approximate surface area is 132 Å². The lowest BCUT2D eigenvalue weighted by Crippen LogP contribution is -2.49. The fourth-order valence-electron chi connectivity index (χ4n) is 4.50. The molecule has 1 unspecified atom stereocenters. The molecule has 2 aliphatic heterocycles. The summed E-state index contributed by atoms with van der Waals surface area (Å²) in [7, 11) is 1.85. The van der Waals surface area contributed by atoms with Gasteiger partial charge >= 0.3 is 0 Å². The molecular weight excluding hydrogens is 260 g/mol. The van der Waals surface area contributed by atoms with Crippen molar-refractivity contribution in [2.24, 2.45) is 5.92 Å². The fourth-order valence-corrected chi connectivity index (χ4v) is 4.50. The summed E-state index contributed by atoms with van der Waals surface area (Å²) < 4.78 is 5.54. The minimum atomic E-state index is 0.337. The Bertz CT molecular complexity index is 310. The first-order valence-electron chi connectivity index (χ1n) is 8.95. The normalized spacial score (nSPS) is 29.4. The molecule has 0 spiro atoms. The number of rotatable bonds is 6. The average Bonchev–Trinajstić information content (AvgIpc) is 2.83. The standard InChI is InChI=1S/C18H36N2O/c1-15(2)20-12-9-16(17(20)14-21-5)13-18(3,4)19-10-7-6-8-11-19/h15-17H,6-14H2,1-5H3/t16?,17-/m1/s1. The van der Waals surface area contributed by atoms with Gasteiger partial charge in [-0.25, -0.2) is 0 Å². The van der Waals surface area contributed by atoms with Crippen LogP contribution in [0.15, 0.2) is 0 Å². The first kappa shape index (κ1) is 17.2. The Morgan fingerprint density at radius 3 is 2.33 bits per heavy atom. The van der Waals surface area contributed by atoms with Crippen molar-refractivity contribution in [1.29, 1.82) is 0 Å². The Kier molecular flexibility index (Phi) is 6.10. The van der Waals surface area contributed by atoms with Crippen LogP contribution in [0.5, 0.6) is 0 Å². The van der Waals surface area contributed by atoms with Crippen molar-refractivity contribution >= 4 is 0 Å². The second-order valence-electron chi connectivity index (χ2n) is 7.97. The van der Waals surface area contributed by atoms with Gasteiger partial charge in [-0.2, -0.15) is 0 Å². The van der Waals surface area contributed by atoms with Crippen LogP contribution in [0.3, 0.4) is 0 Å². The minimum absolute atomic E-state index is 0.337. The molecule has 0 amide bonds. The number of hydrogen-bond donors (Lipinski definition) is 0. The Hall–Kier alpha value is -0.120. The number of methoxy groups -OCH3 is 1. The predicted octanol–water partition coefficient (Wildman–Crippen LogP) is 3.39. The van der Waals surface area contributed by atoms with Crippen LogP contribution in [-0.2, 0) is 4.74 Å². The fraction of sp³-hybridized carbons (Fsp3) is 1.00. The smallest absolute Gasteiger partial charge is 0.0620 e. The van der Waals surface area contributed by atoms with Crippen LogP contribution < -0.4 is 0 Å². The molecular formula is C18H36N2O. The van der Waals surface area contributed by atoms with Crippen LogP contribution in [0.25, 0.3) is 0 Å². The summed E-state index contributed by atoms with van der Waals surface area (Å²) in [4.78, 5) is 5.39. The highest BCUT2D eigenvalue weighted by Crippen LogP contribution is 2.35. The van der Waals surface area contributed by atoms with Gasteiger partial charge in [0.1, 0.15) is 0 Å². The summed E-state index contributed by atoms with van der Waals surface area (Å²) in [5.41, 5.74) is 0.337. The van der Waals surface area contributed by atoms with Crippen LogP contribution >= 0.6 is 0 Å². The summed E-state index contributed by atoms with van der Waals surface area (Å²) in [6, 6.07) is 1.24. The van der Waals surface area contributed by atoms with E-state index in [0.717, 1.165) is 12.5 Å². The van der Waals surface area contributed by atoms with Gasteiger partial charge in [-0.1, -0.05) is 6.42 Å². The van der Waals surface area contributed by atoms with Crippen molar-refractivity contribution in [3.05, 3.63) is 0 Å². The van der Waals surface area contributed by atoms with E-state index < -0.39 is 0 Å². The molecule has 2 heterocycles. The molecule has 124 valence electrons. The zero-order chi connectivity index (χ0) is 15.5. The Morgan fingerprint density at radius 2 is 1.76 bits per heavy atom. The van der Waals surface area contributed by atoms with E-state index in [0.29, 0.717) is 17.6 Å². The molecule has 2 aliphatic rings. The van der Waals surface area contributed by atoms with Gasteiger partial charge in [0.2, 0.25) is 0 Å². The first-order chi connectivity index (χ1) is 9.95. The van der Waals surface area contributed by atoms with Crippen molar-refractivity contribution in [2.75, 3.05) is 33.4 Å². The molecule has 0 bridgehead atoms. The molecule has 0 N–H and O–H groups in total. The lowest BCUT2D eigenvalue weighted by molar-refractivity contribution is 0.0414. The second kappa shape index (κ2) is 7.43. The Morgan fingerprint density at radius 1 is 1.10 bits per heavy atom. The zero-order valence-electron chi connectivity index (χ0n) is 14.9. The first-order valence-corrected chi connectivity index (χ1v) is 8.95. The van der Waals surface area contributed by atoms with Gasteiger partial charge in [-0.05, 0) is 78.9 Å². The third-order valence-corrected chi connectivity index (χ3v) is 5.70. The van der Waals surface area contributed by atoms with E-state index in [1.807, 2.05) is 7.11 Å². The SMILES string of the molecule is COC[C@@H]1C(CC(C)(C)N2CCCCC2)CCN1C(C)C. The van der Waals surface area contributed by atoms with Gasteiger partial charge in [0.15, 0.2) is 0 Å². The van der Waals surface area contributed by atoms with E-state index in [1.165, 1.54) is 51.7 Å². The number of hydrogen-bond acceptors (Lipinski definition) is 3. The van der Waals surface area contributed by atoms with Crippen molar-refractivity contribution < 1.29 is 4.74 Å². The monoisotopic (exact) mass is 296 g/mol. The maximum atomic E-state index is 5.54. The van der Waals surface area contributed by atoms with Gasteiger partial charge in [0.05, 0.1) is 6.61 Å². The third kappa shape index (κ3) is 4.20. The third-order valence-electron chi connectivity index (χ3n) is 5.70. The molecule has 0 aromatic carbocycles. The molecule has 2 saturated heterocycles. The molecule has 0 aromatic heterocycles. The largest absolute Gasteiger partial charge is 0.383 e. The molecule has 2 atom stereocenters. The highest BCUT2D eigenvalue weighted by Gasteiger charge is 2.40. The molecule has 0 aromatic rings. The van der Waals surface area contributed by atoms with Crippen LogP contribution in [0, 0.1) is 5.92 Å². The summed E-state index contributed by atoms with van der Waals surface area (Å²) in [6.07, 6.45) is 6.83. The summed E-state index contributed by atoms with van der Waals surface area (Å²) in [5, 5.41) is 0. The molecule has 0 saturated carbocycles. The lowest BCUT2D eigenvalue weighted by Gasteiger charge is -2.43. The van der Waals surface area contributed by atoms with E-state index in [9.17, 15) is 0 Å². The van der Waals surface area contributed by atoms with E-state index in [-0.39, 0.29) is 0 Å². The van der Waals surface area contributed by atoms with Gasteiger partial charge in [-0.3, -0.25) is 9.80 Å². The summed E-state index contributed by atoms with van der Waals surface area (Å²) in [5.74, 6) is 0.782. The number of piperidine rings is 1.